The van der Waals surface area contributed by atoms with Crippen molar-refractivity contribution in [1.29, 1.82) is 0 Å². The van der Waals surface area contributed by atoms with Crippen molar-refractivity contribution in [1.82, 2.24) is 10.2 Å². The maximum Gasteiger partial charge on any atom is 0.264 e. The van der Waals surface area contributed by atoms with Gasteiger partial charge in [0.2, 0.25) is 11.8 Å². The molecule has 1 atom stereocenters. The standard InChI is InChI=1S/C29H33Cl2N3O5S/c1-4-18-32-29(36)27(5-2)33(19-24-25(30)12-9-13-26(24)31)28(35)20-34(21-10-7-6-8-11-21)40(37,38)23-16-14-22(39-3)15-17-23/h6-17,27H,4-5,18-20H2,1-3H3,(H,32,36). The summed E-state index contributed by atoms with van der Waals surface area (Å²) in [4.78, 5) is 28.5. The van der Waals surface area contributed by atoms with Crippen LogP contribution in [0.1, 0.15) is 32.3 Å². The van der Waals surface area contributed by atoms with Crippen LogP contribution in [-0.4, -0.2) is 51.4 Å². The Kier molecular flexibility index (Phi) is 11.2. The Morgan fingerprint density at radius 3 is 2.10 bits per heavy atom. The van der Waals surface area contributed by atoms with Gasteiger partial charge >= 0.3 is 0 Å². The van der Waals surface area contributed by atoms with E-state index >= 15 is 0 Å². The van der Waals surface area contributed by atoms with Gasteiger partial charge in [0.05, 0.1) is 17.7 Å². The fraction of sp³-hybridized carbons (Fsp3) is 0.310. The van der Waals surface area contributed by atoms with Gasteiger partial charge in [-0.25, -0.2) is 8.42 Å². The van der Waals surface area contributed by atoms with Gasteiger partial charge in [-0.1, -0.05) is 61.3 Å². The first-order chi connectivity index (χ1) is 19.1. The molecule has 2 amide bonds. The summed E-state index contributed by atoms with van der Waals surface area (Å²) >= 11 is 12.9. The second kappa shape index (κ2) is 14.4. The van der Waals surface area contributed by atoms with E-state index in [1.165, 1.54) is 36.3 Å². The zero-order valence-electron chi connectivity index (χ0n) is 22.6. The highest BCUT2D eigenvalue weighted by atomic mass is 35.5. The molecule has 1 unspecified atom stereocenters. The van der Waals surface area contributed by atoms with Gasteiger partial charge in [-0.15, -0.1) is 0 Å². The quantitative estimate of drug-likeness (QED) is 0.276. The molecule has 0 radical (unpaired) electrons. The number of anilines is 1. The average molecular weight is 607 g/mol. The van der Waals surface area contributed by atoms with Crippen molar-refractivity contribution in [3.8, 4) is 5.75 Å². The lowest BCUT2D eigenvalue weighted by Crippen LogP contribution is -2.52. The number of carbonyl (C=O) groups excluding carboxylic acids is 2. The van der Waals surface area contributed by atoms with Gasteiger partial charge in [-0.3, -0.25) is 13.9 Å². The Morgan fingerprint density at radius 2 is 1.55 bits per heavy atom. The molecule has 3 aromatic carbocycles. The number of halogens is 2. The molecule has 0 saturated heterocycles. The van der Waals surface area contributed by atoms with Crippen molar-refractivity contribution in [3.05, 3.63) is 88.4 Å². The molecule has 0 aliphatic rings. The minimum atomic E-state index is -4.19. The maximum absolute atomic E-state index is 14.0. The molecule has 0 spiro atoms. The van der Waals surface area contributed by atoms with Crippen molar-refractivity contribution in [2.24, 2.45) is 0 Å². The van der Waals surface area contributed by atoms with Crippen LogP contribution < -0.4 is 14.4 Å². The second-order valence-corrected chi connectivity index (χ2v) is 11.6. The molecule has 0 fully saturated rings. The van der Waals surface area contributed by atoms with Crippen LogP contribution in [0.4, 0.5) is 5.69 Å². The number of benzene rings is 3. The van der Waals surface area contributed by atoms with E-state index in [2.05, 4.69) is 5.32 Å². The summed E-state index contributed by atoms with van der Waals surface area (Å²) in [6, 6.07) is 18.3. The highest BCUT2D eigenvalue weighted by Gasteiger charge is 2.34. The van der Waals surface area contributed by atoms with Crippen molar-refractivity contribution in [3.63, 3.8) is 0 Å². The van der Waals surface area contributed by atoms with Gasteiger partial charge in [-0.2, -0.15) is 0 Å². The van der Waals surface area contributed by atoms with Gasteiger partial charge in [0, 0.05) is 28.7 Å². The van der Waals surface area contributed by atoms with E-state index in [1.807, 2.05) is 6.92 Å². The predicted octanol–water partition coefficient (Wildman–Crippen LogP) is 5.53. The van der Waals surface area contributed by atoms with Crippen molar-refractivity contribution >= 4 is 50.7 Å². The van der Waals surface area contributed by atoms with Gasteiger partial charge < -0.3 is 15.0 Å². The van der Waals surface area contributed by atoms with E-state index in [4.69, 9.17) is 27.9 Å². The first-order valence-corrected chi connectivity index (χ1v) is 15.1. The van der Waals surface area contributed by atoms with Gasteiger partial charge in [0.1, 0.15) is 18.3 Å². The van der Waals surface area contributed by atoms with Crippen LogP contribution >= 0.6 is 23.2 Å². The fourth-order valence-electron chi connectivity index (χ4n) is 4.14. The van der Waals surface area contributed by atoms with E-state index in [9.17, 15) is 18.0 Å². The van der Waals surface area contributed by atoms with Crippen LogP contribution in [-0.2, 0) is 26.2 Å². The lowest BCUT2D eigenvalue weighted by molar-refractivity contribution is -0.140. The number of hydrogen-bond acceptors (Lipinski definition) is 5. The van der Waals surface area contributed by atoms with Gasteiger partial charge in [0.15, 0.2) is 0 Å². The Balaban J connectivity index is 2.06. The predicted molar refractivity (Wildman–Crippen MR) is 158 cm³/mol. The number of sulfonamides is 1. The molecular weight excluding hydrogens is 573 g/mol. The highest BCUT2D eigenvalue weighted by molar-refractivity contribution is 7.92. The van der Waals surface area contributed by atoms with Crippen LogP contribution in [0.5, 0.6) is 5.75 Å². The summed E-state index contributed by atoms with van der Waals surface area (Å²) in [7, 11) is -2.70. The van der Waals surface area contributed by atoms with Crippen LogP contribution in [0.15, 0.2) is 77.7 Å². The number of amides is 2. The Labute approximate surface area is 245 Å². The maximum atomic E-state index is 14.0. The number of ether oxygens (including phenoxy) is 1. The first kappa shape index (κ1) is 31.3. The lowest BCUT2D eigenvalue weighted by Gasteiger charge is -2.33. The van der Waals surface area contributed by atoms with E-state index in [0.717, 1.165) is 4.31 Å². The summed E-state index contributed by atoms with van der Waals surface area (Å²) < 4.78 is 33.9. The molecule has 3 aromatic rings. The minimum Gasteiger partial charge on any atom is -0.497 e. The topological polar surface area (TPSA) is 96.0 Å². The molecule has 0 heterocycles. The van der Waals surface area contributed by atoms with E-state index in [1.54, 1.807) is 55.5 Å². The summed E-state index contributed by atoms with van der Waals surface area (Å²) in [6.45, 7) is 3.51. The third-order valence-electron chi connectivity index (χ3n) is 6.30. The Morgan fingerprint density at radius 1 is 0.925 bits per heavy atom. The fourth-order valence-corrected chi connectivity index (χ4v) is 6.07. The number of methoxy groups -OCH3 is 1. The average Bonchev–Trinajstić information content (AvgIpc) is 2.96. The molecule has 214 valence electrons. The molecule has 0 aliphatic carbocycles. The third-order valence-corrected chi connectivity index (χ3v) is 8.79. The number of rotatable bonds is 13. The zero-order chi connectivity index (χ0) is 29.3. The van der Waals surface area contributed by atoms with E-state index < -0.39 is 28.5 Å². The van der Waals surface area contributed by atoms with Crippen molar-refractivity contribution in [2.45, 2.75) is 44.2 Å². The summed E-state index contributed by atoms with van der Waals surface area (Å²) in [5.41, 5.74) is 0.760. The zero-order valence-corrected chi connectivity index (χ0v) is 25.0. The summed E-state index contributed by atoms with van der Waals surface area (Å²) in [5, 5.41) is 3.51. The number of nitrogens with zero attached hydrogens (tertiary/aromatic N) is 2. The minimum absolute atomic E-state index is 0.0154. The Bertz CT molecular complexity index is 1380. The third kappa shape index (κ3) is 7.47. The number of carbonyl (C=O) groups is 2. The van der Waals surface area contributed by atoms with Crippen LogP contribution in [0.25, 0.3) is 0 Å². The smallest absolute Gasteiger partial charge is 0.264 e. The SMILES string of the molecule is CCCNC(=O)C(CC)N(Cc1c(Cl)cccc1Cl)C(=O)CN(c1ccccc1)S(=O)(=O)c1ccc(OC)cc1. The molecule has 0 bridgehead atoms. The van der Waals surface area contributed by atoms with E-state index in [-0.39, 0.29) is 17.3 Å². The summed E-state index contributed by atoms with van der Waals surface area (Å²) in [5.74, 6) is -0.437. The highest BCUT2D eigenvalue weighted by Crippen LogP contribution is 2.29. The molecule has 0 aromatic heterocycles. The van der Waals surface area contributed by atoms with Crippen LogP contribution in [0.2, 0.25) is 10.0 Å². The largest absolute Gasteiger partial charge is 0.497 e. The van der Waals surface area contributed by atoms with E-state index in [0.29, 0.717) is 46.4 Å². The molecule has 8 nitrogen and oxygen atoms in total. The second-order valence-electron chi connectivity index (χ2n) is 8.96. The molecule has 40 heavy (non-hydrogen) atoms. The van der Waals surface area contributed by atoms with Gasteiger partial charge in [-0.05, 0) is 61.4 Å². The molecule has 3 rings (SSSR count). The van der Waals surface area contributed by atoms with Crippen molar-refractivity contribution < 1.29 is 22.7 Å². The van der Waals surface area contributed by atoms with Crippen molar-refractivity contribution in [2.75, 3.05) is 24.5 Å². The number of nitrogens with one attached hydrogen (secondary N) is 1. The molecule has 1 N–H and O–H groups in total. The lowest BCUT2D eigenvalue weighted by atomic mass is 10.1. The molecular formula is C29H33Cl2N3O5S. The number of para-hydroxylation sites is 1. The molecule has 0 saturated carbocycles. The monoisotopic (exact) mass is 605 g/mol. The first-order valence-electron chi connectivity index (χ1n) is 12.9. The van der Waals surface area contributed by atoms with Crippen LogP contribution in [0, 0.1) is 0 Å². The summed E-state index contributed by atoms with van der Waals surface area (Å²) in [6.07, 6.45) is 1.01. The van der Waals surface area contributed by atoms with Crippen LogP contribution in [0.3, 0.4) is 0 Å². The molecule has 0 aliphatic heterocycles. The Hall–Kier alpha value is -3.27. The number of hydrogen-bond donors (Lipinski definition) is 1. The normalized spacial score (nSPS) is 11.9. The molecule has 11 heteroatoms. The van der Waals surface area contributed by atoms with Gasteiger partial charge in [0.25, 0.3) is 10.0 Å².